The van der Waals surface area contributed by atoms with Crippen LogP contribution in [0.25, 0.3) is 0 Å². The van der Waals surface area contributed by atoms with Gasteiger partial charge in [-0.25, -0.2) is 0 Å². The summed E-state index contributed by atoms with van der Waals surface area (Å²) < 4.78 is 19.2. The second-order valence-corrected chi connectivity index (χ2v) is 3.01. The fourth-order valence-corrected chi connectivity index (χ4v) is 0.624. The van der Waals surface area contributed by atoms with E-state index < -0.39 is 20.0 Å². The van der Waals surface area contributed by atoms with Crippen LogP contribution >= 0.6 is 23.2 Å². The summed E-state index contributed by atoms with van der Waals surface area (Å²) in [6.07, 6.45) is 0. The van der Waals surface area contributed by atoms with Crippen molar-refractivity contribution in [2.75, 3.05) is 0 Å². The maximum absolute atomic E-state index is 9.90. The molecule has 0 heterocycles. The summed E-state index contributed by atoms with van der Waals surface area (Å²) in [5, 5.41) is 6.73. The number of hydrogen-bond acceptors (Lipinski definition) is 3. The summed E-state index contributed by atoms with van der Waals surface area (Å²) in [6, 6.07) is 1.45. The molecule has 50 valence electrons. The van der Waals surface area contributed by atoms with Gasteiger partial charge in [-0.05, 0) is 0 Å². The zero-order valence-electron chi connectivity index (χ0n) is 4.01. The molecule has 0 N–H and O–H groups in total. The van der Waals surface area contributed by atoms with Crippen LogP contribution in [0.4, 0.5) is 0 Å². The molecular formula is C3HCl2NO2S. The Bertz CT molecular complexity index is 254. The Labute approximate surface area is 63.3 Å². The van der Waals surface area contributed by atoms with Crippen molar-refractivity contribution in [1.82, 2.24) is 0 Å². The van der Waals surface area contributed by atoms with Crippen molar-refractivity contribution < 1.29 is 8.42 Å². The Morgan fingerprint density at radius 3 is 2.22 bits per heavy atom. The quantitative estimate of drug-likeness (QED) is 0.337. The molecule has 0 bridgehead atoms. The normalized spacial score (nSPS) is 11.7. The van der Waals surface area contributed by atoms with Crippen molar-refractivity contribution in [3.8, 4) is 6.07 Å². The second kappa shape index (κ2) is 3.72. The minimum atomic E-state index is -2.56. The smallest absolute Gasteiger partial charge is 0.196 e. The maximum atomic E-state index is 9.90. The van der Waals surface area contributed by atoms with E-state index in [1.54, 1.807) is 0 Å². The van der Waals surface area contributed by atoms with Crippen LogP contribution < -0.4 is 0 Å². The highest BCUT2D eigenvalue weighted by molar-refractivity contribution is 7.76. The van der Waals surface area contributed by atoms with Gasteiger partial charge in [-0.1, -0.05) is 23.2 Å². The van der Waals surface area contributed by atoms with Crippen LogP contribution in [-0.4, -0.2) is 18.1 Å². The van der Waals surface area contributed by atoms with E-state index in [1.165, 1.54) is 6.07 Å². The first kappa shape index (κ1) is 8.76. The van der Waals surface area contributed by atoms with E-state index in [0.717, 1.165) is 0 Å². The molecule has 0 aromatic carbocycles. The number of rotatable bonds is 1. The van der Waals surface area contributed by atoms with Gasteiger partial charge in [0.2, 0.25) is 10.3 Å². The third-order valence-electron chi connectivity index (χ3n) is 0.472. The van der Waals surface area contributed by atoms with Gasteiger partial charge in [-0.2, -0.15) is 13.7 Å². The van der Waals surface area contributed by atoms with Crippen LogP contribution in [0.5, 0.6) is 0 Å². The molecule has 0 aliphatic carbocycles. The molecule has 6 heteroatoms. The number of nitrogens with zero attached hydrogens (tertiary/aromatic N) is 1. The molecule has 0 saturated carbocycles. The fourth-order valence-electron chi connectivity index (χ4n) is 0.135. The molecule has 0 saturated heterocycles. The zero-order chi connectivity index (χ0) is 7.44. The van der Waals surface area contributed by atoms with Gasteiger partial charge in [0.05, 0.1) is 6.07 Å². The molecular weight excluding hydrogens is 185 g/mol. The molecule has 0 spiro atoms. The summed E-state index contributed by atoms with van der Waals surface area (Å²) in [5.41, 5.74) is 0. The Hall–Kier alpha value is -0.240. The molecule has 1 unspecified atom stereocenters. The second-order valence-electron chi connectivity index (χ2n) is 1.03. The zero-order valence-corrected chi connectivity index (χ0v) is 6.33. The lowest BCUT2D eigenvalue weighted by molar-refractivity contribution is 0.627. The number of nitriles is 1. The summed E-state index contributed by atoms with van der Waals surface area (Å²) in [4.78, 5) is 0. The van der Waals surface area contributed by atoms with Crippen molar-refractivity contribution in [3.63, 3.8) is 0 Å². The predicted octanol–water partition coefficient (Wildman–Crippen LogP) is 0.365. The van der Waals surface area contributed by atoms with Crippen LogP contribution in [0, 0.1) is 11.3 Å². The van der Waals surface area contributed by atoms with Crippen LogP contribution in [0.3, 0.4) is 0 Å². The van der Waals surface area contributed by atoms with Gasteiger partial charge in [-0.15, -0.1) is 0 Å². The van der Waals surface area contributed by atoms with Gasteiger partial charge in [0.1, 0.15) is 0 Å². The fraction of sp³-hybridized carbons (Fsp3) is 0.333. The Balaban J connectivity index is 4.67. The van der Waals surface area contributed by atoms with E-state index in [-0.39, 0.29) is 0 Å². The summed E-state index contributed by atoms with van der Waals surface area (Å²) in [5.74, 6) is 0. The lowest BCUT2D eigenvalue weighted by Crippen LogP contribution is -2.04. The lowest BCUT2D eigenvalue weighted by Gasteiger charge is -1.86. The van der Waals surface area contributed by atoms with Crippen LogP contribution in [-0.2, 0) is 10.3 Å². The lowest BCUT2D eigenvalue weighted by atomic mass is 10.5. The first-order valence-corrected chi connectivity index (χ1v) is 3.63. The van der Waals surface area contributed by atoms with E-state index in [9.17, 15) is 8.42 Å². The molecule has 0 aromatic heterocycles. The Morgan fingerprint density at radius 2 is 2.11 bits per heavy atom. The van der Waals surface area contributed by atoms with E-state index in [2.05, 4.69) is 0 Å². The maximum Gasteiger partial charge on any atom is 0.231 e. The minimum Gasteiger partial charge on any atom is -0.196 e. The molecule has 0 amide bonds. The average Bonchev–Trinajstić information content (AvgIpc) is 1.84. The molecule has 0 aliphatic heterocycles. The van der Waals surface area contributed by atoms with E-state index in [0.29, 0.717) is 0 Å². The topological polar surface area (TPSA) is 57.9 Å². The van der Waals surface area contributed by atoms with Gasteiger partial charge in [-0.3, -0.25) is 0 Å². The van der Waals surface area contributed by atoms with E-state index in [4.69, 9.17) is 28.5 Å². The SMILES string of the molecule is N#CC(Cl)C(Cl)=S(=O)=O. The van der Waals surface area contributed by atoms with Gasteiger partial charge < -0.3 is 0 Å². The predicted molar refractivity (Wildman–Crippen MR) is 35.0 cm³/mol. The average molecular weight is 186 g/mol. The van der Waals surface area contributed by atoms with E-state index in [1.807, 2.05) is 0 Å². The van der Waals surface area contributed by atoms with Gasteiger partial charge in [0, 0.05) is 0 Å². The molecule has 9 heavy (non-hydrogen) atoms. The number of alkyl halides is 1. The number of halogens is 2. The Morgan fingerprint density at radius 1 is 1.67 bits per heavy atom. The summed E-state index contributed by atoms with van der Waals surface area (Å²) in [6.45, 7) is 0. The molecule has 0 radical (unpaired) electrons. The first-order chi connectivity index (χ1) is 4.09. The third-order valence-corrected chi connectivity index (χ3v) is 2.18. The highest BCUT2D eigenvalue weighted by Crippen LogP contribution is 1.98. The van der Waals surface area contributed by atoms with Crippen molar-refractivity contribution in [2.24, 2.45) is 0 Å². The Kier molecular flexibility index (Phi) is 3.62. The molecule has 0 fully saturated rings. The van der Waals surface area contributed by atoms with Crippen molar-refractivity contribution >= 4 is 37.8 Å². The molecule has 0 aliphatic rings. The minimum absolute atomic E-state index is 0.570. The van der Waals surface area contributed by atoms with Crippen LogP contribution in [0.2, 0.25) is 0 Å². The number of hydrogen-bond donors (Lipinski definition) is 0. The van der Waals surface area contributed by atoms with Crippen molar-refractivity contribution in [3.05, 3.63) is 0 Å². The molecule has 3 nitrogen and oxygen atoms in total. The highest BCUT2D eigenvalue weighted by Gasteiger charge is 2.09. The van der Waals surface area contributed by atoms with Gasteiger partial charge in [0.15, 0.2) is 9.70 Å². The summed E-state index contributed by atoms with van der Waals surface area (Å²) in [7, 11) is -2.56. The standard InChI is InChI=1S/C3HCl2NO2S/c4-2(1-6)3(5)9(7)8/h2H. The van der Waals surface area contributed by atoms with Gasteiger partial charge >= 0.3 is 0 Å². The first-order valence-electron chi connectivity index (χ1n) is 1.75. The summed E-state index contributed by atoms with van der Waals surface area (Å²) >= 11 is 10.1. The third kappa shape index (κ3) is 2.70. The highest BCUT2D eigenvalue weighted by atomic mass is 35.5. The van der Waals surface area contributed by atoms with Crippen LogP contribution in [0.15, 0.2) is 0 Å². The molecule has 1 atom stereocenters. The largest absolute Gasteiger partial charge is 0.231 e. The van der Waals surface area contributed by atoms with Gasteiger partial charge in [0.25, 0.3) is 0 Å². The van der Waals surface area contributed by atoms with Crippen molar-refractivity contribution in [2.45, 2.75) is 5.38 Å². The molecule has 0 aromatic rings. The monoisotopic (exact) mass is 185 g/mol. The van der Waals surface area contributed by atoms with E-state index >= 15 is 0 Å². The van der Waals surface area contributed by atoms with Crippen molar-refractivity contribution in [1.29, 1.82) is 5.26 Å². The van der Waals surface area contributed by atoms with Crippen LogP contribution in [0.1, 0.15) is 0 Å². The molecule has 0 rings (SSSR count).